The molecule has 0 aromatic heterocycles. The van der Waals surface area contributed by atoms with Gasteiger partial charge in [-0.15, -0.1) is 0 Å². The maximum atomic E-state index is 11.6. The Hall–Kier alpha value is -0.570. The molecule has 3 nitrogen and oxygen atoms in total. The summed E-state index contributed by atoms with van der Waals surface area (Å²) in [7, 11) is 0. The number of carbonyl (C=O) groups excluding carboxylic acids is 1. The van der Waals surface area contributed by atoms with Gasteiger partial charge in [-0.05, 0) is 92.3 Å². The number of carbonyl (C=O) groups is 1. The van der Waals surface area contributed by atoms with Gasteiger partial charge in [0.05, 0.1) is 0 Å². The summed E-state index contributed by atoms with van der Waals surface area (Å²) in [6.45, 7) is 14.1. The highest BCUT2D eigenvalue weighted by molar-refractivity contribution is 5.66. The third kappa shape index (κ3) is 3.34. The maximum absolute atomic E-state index is 11.6. The molecule has 32 heavy (non-hydrogen) atoms. The van der Waals surface area contributed by atoms with Crippen LogP contribution in [0.1, 0.15) is 112 Å². The van der Waals surface area contributed by atoms with Crippen LogP contribution in [-0.4, -0.2) is 23.8 Å². The zero-order chi connectivity index (χ0) is 22.9. The van der Waals surface area contributed by atoms with Crippen LogP contribution in [0, 0.1) is 46.3 Å². The van der Waals surface area contributed by atoms with Crippen molar-refractivity contribution in [2.45, 2.75) is 130 Å². The number of hydrogen-bond acceptors (Lipinski definition) is 3. The van der Waals surface area contributed by atoms with Gasteiger partial charge in [-0.1, -0.05) is 53.9 Å². The second kappa shape index (κ2) is 7.99. The lowest BCUT2D eigenvalue weighted by atomic mass is 9.44. The molecule has 0 unspecified atom stereocenters. The van der Waals surface area contributed by atoms with Gasteiger partial charge < -0.3 is 9.47 Å². The monoisotopic (exact) mass is 444 g/mol. The highest BCUT2D eigenvalue weighted by Gasteiger charge is 2.76. The van der Waals surface area contributed by atoms with Crippen molar-refractivity contribution in [2.24, 2.45) is 46.3 Å². The quantitative estimate of drug-likeness (QED) is 0.322. The molecule has 0 aromatic carbocycles. The van der Waals surface area contributed by atoms with E-state index in [4.69, 9.17) is 9.47 Å². The van der Waals surface area contributed by atoms with Crippen LogP contribution in [0.5, 0.6) is 0 Å². The summed E-state index contributed by atoms with van der Waals surface area (Å²) in [6.07, 6.45) is 14.8. The Balaban J connectivity index is 1.30. The first-order valence-electron chi connectivity index (χ1n) is 14.0. The lowest BCUT2D eigenvalue weighted by molar-refractivity contribution is -0.152. The van der Waals surface area contributed by atoms with Crippen molar-refractivity contribution < 1.29 is 14.3 Å². The molecule has 4 saturated carbocycles. The maximum Gasteiger partial charge on any atom is 0.302 e. The van der Waals surface area contributed by atoms with Crippen LogP contribution < -0.4 is 0 Å². The molecule has 0 amide bonds. The predicted molar refractivity (Wildman–Crippen MR) is 128 cm³/mol. The molecule has 0 N–H and O–H groups in total. The fraction of sp³-hybridized carbons (Fsp3) is 0.966. The van der Waals surface area contributed by atoms with E-state index in [9.17, 15) is 4.79 Å². The Morgan fingerprint density at radius 1 is 0.969 bits per heavy atom. The smallest absolute Gasteiger partial charge is 0.302 e. The molecule has 10 atom stereocenters. The summed E-state index contributed by atoms with van der Waals surface area (Å²) in [5.41, 5.74) is 0.833. The van der Waals surface area contributed by atoms with E-state index >= 15 is 0 Å². The molecule has 1 saturated heterocycles. The average molecular weight is 445 g/mol. The molecule has 0 bridgehead atoms. The minimum atomic E-state index is -0.147. The van der Waals surface area contributed by atoms with Crippen LogP contribution in [0.3, 0.4) is 0 Å². The molecule has 182 valence electrons. The second-order valence-corrected chi connectivity index (χ2v) is 13.5. The Labute approximate surface area is 196 Å². The highest BCUT2D eigenvalue weighted by Crippen LogP contribution is 2.73. The van der Waals surface area contributed by atoms with Gasteiger partial charge >= 0.3 is 5.97 Å². The van der Waals surface area contributed by atoms with E-state index in [0.717, 1.165) is 41.9 Å². The van der Waals surface area contributed by atoms with Gasteiger partial charge in [0, 0.05) is 12.3 Å². The molecule has 5 aliphatic rings. The summed E-state index contributed by atoms with van der Waals surface area (Å²) in [5, 5.41) is 0. The van der Waals surface area contributed by atoms with E-state index in [-0.39, 0.29) is 29.2 Å². The topological polar surface area (TPSA) is 38.8 Å². The Morgan fingerprint density at radius 3 is 2.47 bits per heavy atom. The largest absolute Gasteiger partial charge is 0.460 e. The first kappa shape index (κ1) is 23.2. The van der Waals surface area contributed by atoms with Crippen molar-refractivity contribution in [1.29, 1.82) is 0 Å². The average Bonchev–Trinajstić information content (AvgIpc) is 3.36. The molecule has 1 heterocycles. The summed E-state index contributed by atoms with van der Waals surface area (Å²) in [4.78, 5) is 11.6. The normalized spacial score (nSPS) is 50.1. The molecular weight excluding hydrogens is 396 g/mol. The standard InChI is InChI=1S/C29H48O3/c1-18(2)8-7-9-19(3)22-10-11-23-21-12-17-29-26(32-29)25(31-20(4)30)14-16-28(29,6)24(21)13-15-27(22,23)5/h18-19,21-26H,7-17H2,1-6H3/t19-,21-,22+,23-,24-,25+,26+,27+,28+,29+/m0/s1. The van der Waals surface area contributed by atoms with Gasteiger partial charge in [-0.3, -0.25) is 4.79 Å². The molecular formula is C29H48O3. The number of hydrogen-bond donors (Lipinski definition) is 0. The van der Waals surface area contributed by atoms with Crippen molar-refractivity contribution in [3.63, 3.8) is 0 Å². The Morgan fingerprint density at radius 2 is 1.75 bits per heavy atom. The van der Waals surface area contributed by atoms with Crippen molar-refractivity contribution in [3.05, 3.63) is 0 Å². The van der Waals surface area contributed by atoms with Crippen LogP contribution in [0.25, 0.3) is 0 Å². The third-order valence-electron chi connectivity index (χ3n) is 11.6. The van der Waals surface area contributed by atoms with E-state index in [2.05, 4.69) is 34.6 Å². The molecule has 0 aromatic rings. The van der Waals surface area contributed by atoms with Crippen molar-refractivity contribution in [2.75, 3.05) is 0 Å². The summed E-state index contributed by atoms with van der Waals surface area (Å²) in [5.74, 6) is 5.08. The van der Waals surface area contributed by atoms with Crippen molar-refractivity contribution >= 4 is 5.97 Å². The first-order valence-corrected chi connectivity index (χ1v) is 14.0. The van der Waals surface area contributed by atoms with Crippen LogP contribution in [0.15, 0.2) is 0 Å². The highest BCUT2D eigenvalue weighted by atomic mass is 16.6. The summed E-state index contributed by atoms with van der Waals surface area (Å²) in [6, 6.07) is 0. The number of rotatable bonds is 6. The van der Waals surface area contributed by atoms with Gasteiger partial charge in [0.15, 0.2) is 0 Å². The molecule has 1 spiro atoms. The predicted octanol–water partition coefficient (Wildman–Crippen LogP) is 7.17. The fourth-order valence-corrected chi connectivity index (χ4v) is 10.0. The molecule has 4 aliphatic carbocycles. The SMILES string of the molecule is CC(=O)O[C@@H]1CC[C@]2(C)[C@H]3CC[C@]4(C)[C@@H]([C@@H](C)CCCC(C)C)CC[C@H]4[C@@H]3CC[C@]23O[C@H]13. The van der Waals surface area contributed by atoms with Crippen molar-refractivity contribution in [1.82, 2.24) is 0 Å². The first-order chi connectivity index (χ1) is 15.1. The minimum absolute atomic E-state index is 0.00240. The number of epoxide rings is 1. The Kier molecular flexibility index (Phi) is 5.79. The van der Waals surface area contributed by atoms with E-state index in [1.807, 2.05) is 0 Å². The number of esters is 1. The van der Waals surface area contributed by atoms with Gasteiger partial charge in [-0.2, -0.15) is 0 Å². The zero-order valence-corrected chi connectivity index (χ0v) is 21.6. The minimum Gasteiger partial charge on any atom is -0.460 e. The van der Waals surface area contributed by atoms with Crippen LogP contribution in [0.4, 0.5) is 0 Å². The van der Waals surface area contributed by atoms with Gasteiger partial charge in [0.2, 0.25) is 0 Å². The zero-order valence-electron chi connectivity index (χ0n) is 21.6. The summed E-state index contributed by atoms with van der Waals surface area (Å²) < 4.78 is 12.2. The van der Waals surface area contributed by atoms with Crippen LogP contribution in [-0.2, 0) is 14.3 Å². The van der Waals surface area contributed by atoms with E-state index in [1.54, 1.807) is 6.92 Å². The molecule has 5 fully saturated rings. The number of fused-ring (bicyclic) bond motifs is 4. The van der Waals surface area contributed by atoms with E-state index in [0.29, 0.717) is 5.41 Å². The molecule has 0 radical (unpaired) electrons. The molecule has 1 aliphatic heterocycles. The second-order valence-electron chi connectivity index (χ2n) is 13.5. The van der Waals surface area contributed by atoms with E-state index < -0.39 is 0 Å². The van der Waals surface area contributed by atoms with Gasteiger partial charge in [0.25, 0.3) is 0 Å². The van der Waals surface area contributed by atoms with E-state index in [1.165, 1.54) is 64.2 Å². The van der Waals surface area contributed by atoms with Crippen LogP contribution in [0.2, 0.25) is 0 Å². The van der Waals surface area contributed by atoms with Gasteiger partial charge in [0.1, 0.15) is 17.8 Å². The van der Waals surface area contributed by atoms with Crippen molar-refractivity contribution in [3.8, 4) is 0 Å². The lowest BCUT2D eigenvalue weighted by Gasteiger charge is -2.60. The summed E-state index contributed by atoms with van der Waals surface area (Å²) >= 11 is 0. The third-order valence-corrected chi connectivity index (χ3v) is 11.6. The van der Waals surface area contributed by atoms with Gasteiger partial charge in [-0.25, -0.2) is 0 Å². The number of ether oxygens (including phenoxy) is 2. The lowest BCUT2D eigenvalue weighted by Crippen LogP contribution is -2.59. The fourth-order valence-electron chi connectivity index (χ4n) is 10.0. The molecule has 5 rings (SSSR count). The Bertz CT molecular complexity index is 732. The molecule has 3 heteroatoms. The van der Waals surface area contributed by atoms with Crippen LogP contribution >= 0.6 is 0 Å².